The number of carbonyl (C=O) groups is 2. The molecule has 6 aromatic carbocycles. The molecule has 141 heavy (non-hydrogen) atoms. The van der Waals surface area contributed by atoms with Crippen molar-refractivity contribution in [3.63, 3.8) is 0 Å². The predicted molar refractivity (Wildman–Crippen MR) is 522 cm³/mol. The van der Waals surface area contributed by atoms with Crippen LogP contribution in [0.25, 0.3) is 0 Å². The van der Waals surface area contributed by atoms with Crippen LogP contribution >= 0.6 is 0 Å². The van der Waals surface area contributed by atoms with E-state index in [0.717, 1.165) is 84.5 Å². The molecule has 0 atom stereocenters. The van der Waals surface area contributed by atoms with Gasteiger partial charge < -0.3 is 77.8 Å². The van der Waals surface area contributed by atoms with Crippen molar-refractivity contribution in [3.8, 4) is 17.2 Å². The Balaban J connectivity index is 0.000000135. The number of amides is 1. The summed E-state index contributed by atoms with van der Waals surface area (Å²) in [6.45, 7) is 26.0. The standard InChI is InChI=1S/C19H28N2O6S.C17H23FN2O3S.C17H24N2O4S.C15H22N2O4S.C15H20N2O4S.C14H20N2O4S/c1-18(2,3)27-17(23)20-10-8-19(9-11-20)21(12-13-26-19)28(24,25)16-6-4-15(14-22)5-7-16;18-15-3-5-16(6-4-15)24(21,22)20-11-12-23-17(20)7-9-19(10-8-17)13-14-1-2-14;1-3-10-18-11-8-17(9-12-18)19(13-14-23-17)24(20,21)16-6-4-15(22-2)5-7-16;1-16-9-7-15(8-10-16)17(11-12-21-15)22(18,19)14-5-3-13(20-2)4-6-14;1-12(18)13-2-4-14(5-3-13)22(19,20)17-10-11-21-15(17)6-8-16-9-7-15;1-19-12-2-4-13(5-3-12)21(17,18)16-10-11-20-14(16)6-8-15-9-7-14/h4-7,22H,8-14H2,1-3H3;3-6,14H,1-2,7-13H2;3-7H,1,8-14H2,2H3;3-6H,7-12H2,1-2H3;2-5,16H,6-11H2,1H3;2-5,15H,6-11H2,1H3. The molecule has 3 N–H and O–H groups in total. The van der Waals surface area contributed by atoms with Gasteiger partial charge in [0.15, 0.2) is 5.78 Å². The van der Waals surface area contributed by atoms with E-state index in [2.05, 4.69) is 31.9 Å². The molecule has 778 valence electrons. The first kappa shape index (κ1) is 109. The van der Waals surface area contributed by atoms with Gasteiger partial charge in [0.1, 0.15) is 63.0 Å². The van der Waals surface area contributed by atoms with Crippen LogP contribution in [0.15, 0.2) is 188 Å². The number of nitrogens with one attached hydrogen (secondary N) is 2. The monoisotopic (exact) mass is 2080 g/mol. The number of piperidine rings is 6. The van der Waals surface area contributed by atoms with Gasteiger partial charge in [-0.3, -0.25) is 9.69 Å². The van der Waals surface area contributed by atoms with Crippen molar-refractivity contribution in [1.29, 1.82) is 0 Å². The summed E-state index contributed by atoms with van der Waals surface area (Å²) in [6.07, 6.45) is 11.7. The molecule has 0 aromatic heterocycles. The minimum atomic E-state index is -3.75. The molecule has 0 bridgehead atoms. The fourth-order valence-electron chi connectivity index (χ4n) is 20.2. The van der Waals surface area contributed by atoms with Crippen LogP contribution in [-0.4, -0.2) is 352 Å². The zero-order valence-electron chi connectivity index (χ0n) is 81.8. The molecule has 44 heteroatoms. The molecule has 1 amide bonds. The molecule has 6 spiro atoms. The maximum absolute atomic E-state index is 13.2. The van der Waals surface area contributed by atoms with Crippen molar-refractivity contribution >= 4 is 72.0 Å². The Hall–Kier alpha value is -7.69. The number of hydrogen-bond donors (Lipinski definition) is 3. The van der Waals surface area contributed by atoms with Crippen LogP contribution in [0.2, 0.25) is 0 Å². The van der Waals surface area contributed by atoms with E-state index in [0.29, 0.717) is 191 Å². The number of aliphatic hydroxyl groups is 1. The maximum Gasteiger partial charge on any atom is 0.410 e. The van der Waals surface area contributed by atoms with Gasteiger partial charge in [-0.15, -0.1) is 6.58 Å². The van der Waals surface area contributed by atoms with E-state index in [-0.39, 0.29) is 48.3 Å². The Bertz CT molecular complexity index is 5940. The molecule has 13 fully saturated rings. The topological polar surface area (TPSA) is 408 Å². The Morgan fingerprint density at radius 3 is 0.950 bits per heavy atom. The molecular weight excluding hydrogens is 1940 g/mol. The van der Waals surface area contributed by atoms with Crippen LogP contribution in [0.3, 0.4) is 0 Å². The van der Waals surface area contributed by atoms with Crippen LogP contribution in [0.5, 0.6) is 17.2 Å². The number of likely N-dealkylation sites (tertiary alicyclic amines) is 4. The second-order valence-electron chi connectivity index (χ2n) is 38.2. The molecule has 12 saturated heterocycles. The zero-order valence-corrected chi connectivity index (χ0v) is 86.7. The van der Waals surface area contributed by atoms with E-state index in [4.69, 9.17) is 52.5 Å². The molecule has 13 aliphatic rings. The van der Waals surface area contributed by atoms with E-state index in [1.165, 1.54) is 85.5 Å². The van der Waals surface area contributed by atoms with Crippen molar-refractivity contribution in [1.82, 2.24) is 56.1 Å². The quantitative estimate of drug-likeness (QED) is 0.0448. The van der Waals surface area contributed by atoms with Crippen LogP contribution in [0.4, 0.5) is 9.18 Å². The third kappa shape index (κ3) is 24.7. The number of nitrogens with zero attached hydrogens (tertiary/aromatic N) is 10. The average Bonchev–Trinajstić information content (AvgIpc) is 1.50. The second-order valence-corrected chi connectivity index (χ2v) is 49.4. The number of ether oxygens (including phenoxy) is 10. The van der Waals surface area contributed by atoms with Crippen molar-refractivity contribution in [2.45, 2.75) is 194 Å². The van der Waals surface area contributed by atoms with Gasteiger partial charge in [0.25, 0.3) is 0 Å². The number of Topliss-reactive ketones (excluding diaryl/α,β-unsaturated/α-hetero) is 1. The fourth-order valence-corrected chi connectivity index (χ4v) is 30.5. The summed E-state index contributed by atoms with van der Waals surface area (Å²) < 4.78 is 234. The van der Waals surface area contributed by atoms with Gasteiger partial charge in [-0.05, 0) is 207 Å². The summed E-state index contributed by atoms with van der Waals surface area (Å²) in [6, 6.07) is 36.9. The molecule has 12 heterocycles. The number of sulfonamides is 6. The molecule has 0 unspecified atom stereocenters. The van der Waals surface area contributed by atoms with Gasteiger partial charge in [0.05, 0.1) is 97.0 Å². The molecule has 37 nitrogen and oxygen atoms in total. The minimum absolute atomic E-state index is 0.0803. The summed E-state index contributed by atoms with van der Waals surface area (Å²) in [5.74, 6) is 2.24. The Morgan fingerprint density at radius 1 is 0.404 bits per heavy atom. The lowest BCUT2D eigenvalue weighted by Crippen LogP contribution is -2.56. The molecule has 0 radical (unpaired) electrons. The lowest BCUT2D eigenvalue weighted by atomic mass is 10.0. The van der Waals surface area contributed by atoms with Crippen LogP contribution in [0, 0.1) is 11.7 Å². The highest BCUT2D eigenvalue weighted by atomic mass is 32.2. The Morgan fingerprint density at radius 2 is 0.674 bits per heavy atom. The first-order valence-electron chi connectivity index (χ1n) is 48.2. The van der Waals surface area contributed by atoms with Gasteiger partial charge in [0, 0.05) is 187 Å². The minimum Gasteiger partial charge on any atom is -0.497 e. The molecule has 1 saturated carbocycles. The molecular formula is C97H137FN12O25S6. The molecule has 19 rings (SSSR count). The molecule has 12 aliphatic heterocycles. The lowest BCUT2D eigenvalue weighted by Gasteiger charge is -2.42. The van der Waals surface area contributed by atoms with Crippen molar-refractivity contribution in [3.05, 3.63) is 175 Å². The largest absolute Gasteiger partial charge is 0.497 e. The number of methoxy groups -OCH3 is 3. The normalized spacial score (nSPS) is 22.5. The first-order valence-corrected chi connectivity index (χ1v) is 56.9. The van der Waals surface area contributed by atoms with E-state index in [1.54, 1.807) is 132 Å². The summed E-state index contributed by atoms with van der Waals surface area (Å²) in [7, 11) is -15.0. The summed E-state index contributed by atoms with van der Waals surface area (Å²) in [5.41, 5.74) is -3.87. The van der Waals surface area contributed by atoms with Gasteiger partial charge in [-0.25, -0.2) is 59.7 Å². The average molecular weight is 2080 g/mol. The molecule has 1 aliphatic carbocycles. The fraction of sp³-hybridized carbons (Fsp3) is 0.588. The van der Waals surface area contributed by atoms with Crippen molar-refractivity contribution < 1.29 is 117 Å². The Labute approximate surface area is 830 Å². The number of rotatable bonds is 21. The maximum atomic E-state index is 13.2. The number of benzene rings is 6. The number of halogens is 1. The predicted octanol–water partition coefficient (Wildman–Crippen LogP) is 8.59. The second kappa shape index (κ2) is 45.7. The van der Waals surface area contributed by atoms with E-state index >= 15 is 0 Å². The number of carbonyl (C=O) groups excluding carboxylic acids is 2. The lowest BCUT2D eigenvalue weighted by molar-refractivity contribution is -0.0913. The zero-order chi connectivity index (χ0) is 101. The van der Waals surface area contributed by atoms with Crippen LogP contribution in [0.1, 0.15) is 134 Å². The van der Waals surface area contributed by atoms with Gasteiger partial charge in [0.2, 0.25) is 60.1 Å². The van der Waals surface area contributed by atoms with Crippen LogP contribution < -0.4 is 24.8 Å². The number of ketones is 1. The molecule has 6 aromatic rings. The van der Waals surface area contributed by atoms with Gasteiger partial charge >= 0.3 is 6.09 Å². The summed E-state index contributed by atoms with van der Waals surface area (Å²) in [5, 5.41) is 15.6. The highest BCUT2D eigenvalue weighted by Crippen LogP contribution is 2.46. The number of aliphatic hydroxyl groups excluding tert-OH is 1. The van der Waals surface area contributed by atoms with E-state index in [9.17, 15) is 64.5 Å². The van der Waals surface area contributed by atoms with Crippen molar-refractivity contribution in [2.24, 2.45) is 5.92 Å². The van der Waals surface area contributed by atoms with Crippen molar-refractivity contribution in [2.75, 3.05) is 199 Å². The number of hydrogen-bond acceptors (Lipinski definition) is 30. The Kier molecular flexibility index (Phi) is 35.4. The SMILES string of the molecule is C=CCN1CCC2(CC1)OCCN2S(=O)(=O)c1ccc(OC)cc1.CC(=O)c1ccc(S(=O)(=O)N2CCOC23CCNCC3)cc1.CC(C)(C)OC(=O)N1CCC2(CC1)OCCN2S(=O)(=O)c1ccc(CO)cc1.COc1ccc(S(=O)(=O)N2CCOC23CCN(C)CC3)cc1.COc1ccc(S(=O)(=O)N2CCOC23CCNCC3)cc1.O=S(=O)(c1ccc(F)cc1)N1CCOC12CCN(CC1CC1)CC2. The third-order valence-electron chi connectivity index (χ3n) is 28.2. The summed E-state index contributed by atoms with van der Waals surface area (Å²) in [4.78, 5) is 33.5. The van der Waals surface area contributed by atoms with E-state index in [1.807, 2.05) is 33.9 Å². The highest BCUT2D eigenvalue weighted by molar-refractivity contribution is 7.90. The van der Waals surface area contributed by atoms with Gasteiger partial charge in [-0.1, -0.05) is 30.3 Å². The first-order chi connectivity index (χ1) is 67.1. The smallest absolute Gasteiger partial charge is 0.410 e. The summed E-state index contributed by atoms with van der Waals surface area (Å²) >= 11 is 0. The van der Waals surface area contributed by atoms with Crippen LogP contribution in [-0.2, 0) is 99.9 Å². The van der Waals surface area contributed by atoms with Gasteiger partial charge in [-0.2, -0.15) is 25.8 Å². The third-order valence-corrected chi connectivity index (χ3v) is 40.0. The highest BCUT2D eigenvalue weighted by Gasteiger charge is 2.57. The van der Waals surface area contributed by atoms with E-state index < -0.39 is 112 Å².